The van der Waals surface area contributed by atoms with Crippen LogP contribution >= 0.6 is 23.4 Å². The monoisotopic (exact) mass is 410 g/mol. The predicted octanol–water partition coefficient (Wildman–Crippen LogP) is 4.61. The standard InChI is InChI=1S/C21H31ClN2O2S/c1-27-14-4-11-23-21(25)19-15-16(22)7-8-20(19)26-18-9-12-24(13-10-18)17-5-2-3-6-17/h7-8,15,17-18H,2-6,9-14H2,1H3,(H,23,25). The number of amides is 1. The van der Waals surface area contributed by atoms with Gasteiger partial charge in [0.25, 0.3) is 5.91 Å². The van der Waals surface area contributed by atoms with Crippen molar-refractivity contribution >= 4 is 29.3 Å². The number of carbonyl (C=O) groups excluding carboxylic acids is 1. The van der Waals surface area contributed by atoms with E-state index in [1.54, 1.807) is 23.9 Å². The zero-order valence-corrected chi connectivity index (χ0v) is 17.8. The summed E-state index contributed by atoms with van der Waals surface area (Å²) >= 11 is 7.92. The smallest absolute Gasteiger partial charge is 0.255 e. The minimum atomic E-state index is -0.100. The Bertz CT molecular complexity index is 614. The average molecular weight is 411 g/mol. The van der Waals surface area contributed by atoms with E-state index in [4.69, 9.17) is 16.3 Å². The fourth-order valence-corrected chi connectivity index (χ4v) is 4.71. The molecule has 150 valence electrons. The first-order valence-corrected chi connectivity index (χ1v) is 11.9. The second kappa shape index (κ2) is 10.6. The second-order valence-corrected chi connectivity index (χ2v) is 8.96. The van der Waals surface area contributed by atoms with Crippen LogP contribution in [0.1, 0.15) is 55.3 Å². The highest BCUT2D eigenvalue weighted by molar-refractivity contribution is 7.98. The summed E-state index contributed by atoms with van der Waals surface area (Å²) in [7, 11) is 0. The van der Waals surface area contributed by atoms with Gasteiger partial charge in [0.2, 0.25) is 0 Å². The highest BCUT2D eigenvalue weighted by atomic mass is 35.5. The van der Waals surface area contributed by atoms with Gasteiger partial charge in [-0.15, -0.1) is 0 Å². The van der Waals surface area contributed by atoms with Crippen LogP contribution in [0, 0.1) is 0 Å². The van der Waals surface area contributed by atoms with E-state index in [0.29, 0.717) is 22.9 Å². The van der Waals surface area contributed by atoms with Gasteiger partial charge in [-0.1, -0.05) is 24.4 Å². The minimum Gasteiger partial charge on any atom is -0.489 e. The molecule has 0 radical (unpaired) electrons. The predicted molar refractivity (Wildman–Crippen MR) is 114 cm³/mol. The maximum Gasteiger partial charge on any atom is 0.255 e. The normalized spacial score (nSPS) is 19.3. The molecule has 1 aliphatic heterocycles. The zero-order valence-electron chi connectivity index (χ0n) is 16.2. The van der Waals surface area contributed by atoms with Crippen molar-refractivity contribution in [3.05, 3.63) is 28.8 Å². The zero-order chi connectivity index (χ0) is 19.1. The lowest BCUT2D eigenvalue weighted by Crippen LogP contribution is -2.43. The molecule has 1 N–H and O–H groups in total. The molecule has 0 aromatic heterocycles. The van der Waals surface area contributed by atoms with Gasteiger partial charge in [-0.05, 0) is 62.3 Å². The summed E-state index contributed by atoms with van der Waals surface area (Å²) < 4.78 is 6.25. The Morgan fingerprint density at radius 2 is 2.00 bits per heavy atom. The number of thioether (sulfide) groups is 1. The van der Waals surface area contributed by atoms with E-state index in [9.17, 15) is 4.79 Å². The van der Waals surface area contributed by atoms with E-state index >= 15 is 0 Å². The molecule has 4 nitrogen and oxygen atoms in total. The Morgan fingerprint density at radius 1 is 1.26 bits per heavy atom. The third kappa shape index (κ3) is 6.03. The van der Waals surface area contributed by atoms with Crippen LogP contribution in [0.15, 0.2) is 18.2 Å². The second-order valence-electron chi connectivity index (χ2n) is 7.53. The number of likely N-dealkylation sites (tertiary alicyclic amines) is 1. The van der Waals surface area contributed by atoms with Crippen molar-refractivity contribution in [3.8, 4) is 5.75 Å². The molecule has 1 aromatic carbocycles. The Morgan fingerprint density at radius 3 is 2.70 bits per heavy atom. The molecule has 0 spiro atoms. The van der Waals surface area contributed by atoms with Gasteiger partial charge in [0.1, 0.15) is 11.9 Å². The molecule has 0 atom stereocenters. The first-order valence-electron chi connectivity index (χ1n) is 10.1. The molecule has 1 amide bonds. The molecule has 1 aromatic rings. The molecule has 3 rings (SSSR count). The topological polar surface area (TPSA) is 41.6 Å². The molecule has 0 bridgehead atoms. The van der Waals surface area contributed by atoms with Crippen LogP contribution in [-0.2, 0) is 0 Å². The summed E-state index contributed by atoms with van der Waals surface area (Å²) in [5.41, 5.74) is 0.546. The summed E-state index contributed by atoms with van der Waals surface area (Å²) in [6.07, 6.45) is 10.7. The fourth-order valence-electron chi connectivity index (χ4n) is 4.10. The van der Waals surface area contributed by atoms with Gasteiger partial charge < -0.3 is 15.0 Å². The molecule has 2 aliphatic rings. The summed E-state index contributed by atoms with van der Waals surface area (Å²) in [5, 5.41) is 3.55. The van der Waals surface area contributed by atoms with Crippen molar-refractivity contribution in [2.75, 3.05) is 31.6 Å². The fraction of sp³-hybridized carbons (Fsp3) is 0.667. The average Bonchev–Trinajstić information content (AvgIpc) is 3.22. The number of carbonyl (C=O) groups is 1. The van der Waals surface area contributed by atoms with E-state index in [-0.39, 0.29) is 12.0 Å². The maximum atomic E-state index is 12.6. The Labute approximate surface area is 172 Å². The number of benzene rings is 1. The Balaban J connectivity index is 1.55. The van der Waals surface area contributed by atoms with Crippen LogP contribution in [0.5, 0.6) is 5.75 Å². The van der Waals surface area contributed by atoms with E-state index < -0.39 is 0 Å². The number of nitrogens with zero attached hydrogens (tertiary/aromatic N) is 1. The first kappa shape index (κ1) is 20.8. The molecular weight excluding hydrogens is 380 g/mol. The molecule has 1 saturated carbocycles. The molecular formula is C21H31ClN2O2S. The summed E-state index contributed by atoms with van der Waals surface area (Å²) in [4.78, 5) is 15.2. The van der Waals surface area contributed by atoms with Gasteiger partial charge >= 0.3 is 0 Å². The quantitative estimate of drug-likeness (QED) is 0.635. The molecule has 0 unspecified atom stereocenters. The molecule has 1 aliphatic carbocycles. The molecule has 6 heteroatoms. The minimum absolute atomic E-state index is 0.100. The number of hydrogen-bond donors (Lipinski definition) is 1. The van der Waals surface area contributed by atoms with Crippen molar-refractivity contribution in [1.29, 1.82) is 0 Å². The van der Waals surface area contributed by atoms with Crippen LogP contribution < -0.4 is 10.1 Å². The highest BCUT2D eigenvalue weighted by Crippen LogP contribution is 2.29. The molecule has 2 fully saturated rings. The van der Waals surface area contributed by atoms with Crippen molar-refractivity contribution in [2.45, 2.75) is 57.1 Å². The van der Waals surface area contributed by atoms with Crippen molar-refractivity contribution in [2.24, 2.45) is 0 Å². The van der Waals surface area contributed by atoms with Crippen LogP contribution in [0.2, 0.25) is 5.02 Å². The number of piperidine rings is 1. The lowest BCUT2D eigenvalue weighted by atomic mass is 10.0. The van der Waals surface area contributed by atoms with E-state index in [2.05, 4.69) is 16.5 Å². The van der Waals surface area contributed by atoms with Gasteiger partial charge in [0, 0.05) is 30.7 Å². The van der Waals surface area contributed by atoms with Crippen molar-refractivity contribution < 1.29 is 9.53 Å². The third-order valence-corrected chi connectivity index (χ3v) is 6.54. The van der Waals surface area contributed by atoms with E-state index in [0.717, 1.165) is 44.1 Å². The lowest BCUT2D eigenvalue weighted by molar-refractivity contribution is 0.0750. The van der Waals surface area contributed by atoms with Gasteiger partial charge in [0.05, 0.1) is 5.56 Å². The van der Waals surface area contributed by atoms with Crippen LogP contribution in [-0.4, -0.2) is 54.6 Å². The van der Waals surface area contributed by atoms with Crippen molar-refractivity contribution in [1.82, 2.24) is 10.2 Å². The number of rotatable bonds is 8. The summed E-state index contributed by atoms with van der Waals surface area (Å²) in [5.74, 6) is 1.59. The lowest BCUT2D eigenvalue weighted by Gasteiger charge is -2.36. The Hall–Kier alpha value is -0.910. The number of ether oxygens (including phenoxy) is 1. The highest BCUT2D eigenvalue weighted by Gasteiger charge is 2.28. The van der Waals surface area contributed by atoms with Gasteiger partial charge in [-0.25, -0.2) is 0 Å². The van der Waals surface area contributed by atoms with Crippen molar-refractivity contribution in [3.63, 3.8) is 0 Å². The van der Waals surface area contributed by atoms with Crippen LogP contribution in [0.25, 0.3) is 0 Å². The number of nitrogens with one attached hydrogen (secondary N) is 1. The van der Waals surface area contributed by atoms with Gasteiger partial charge in [0.15, 0.2) is 0 Å². The summed E-state index contributed by atoms with van der Waals surface area (Å²) in [6.45, 7) is 2.86. The number of halogens is 1. The van der Waals surface area contributed by atoms with Gasteiger partial charge in [-0.3, -0.25) is 4.79 Å². The first-order chi connectivity index (χ1) is 13.2. The SMILES string of the molecule is CSCCCNC(=O)c1cc(Cl)ccc1OC1CCN(C2CCCC2)CC1. The van der Waals surface area contributed by atoms with Gasteiger partial charge in [-0.2, -0.15) is 11.8 Å². The Kier molecular flexibility index (Phi) is 8.16. The number of hydrogen-bond acceptors (Lipinski definition) is 4. The molecule has 1 saturated heterocycles. The largest absolute Gasteiger partial charge is 0.489 e. The van der Waals surface area contributed by atoms with E-state index in [1.165, 1.54) is 25.7 Å². The van der Waals surface area contributed by atoms with Crippen LogP contribution in [0.3, 0.4) is 0 Å². The summed E-state index contributed by atoms with van der Waals surface area (Å²) in [6, 6.07) is 6.13. The third-order valence-electron chi connectivity index (χ3n) is 5.61. The molecule has 27 heavy (non-hydrogen) atoms. The van der Waals surface area contributed by atoms with E-state index in [1.807, 2.05) is 6.07 Å². The van der Waals surface area contributed by atoms with Crippen LogP contribution in [0.4, 0.5) is 0 Å². The molecule has 1 heterocycles. The maximum absolute atomic E-state index is 12.6.